The molecule has 0 saturated carbocycles. The van der Waals surface area contributed by atoms with Crippen LogP contribution in [0, 0.1) is 0 Å². The van der Waals surface area contributed by atoms with Gasteiger partial charge in [-0.05, 0) is 0 Å². The van der Waals surface area contributed by atoms with Crippen LogP contribution in [0.15, 0.2) is 4.79 Å². The standard InChI is InChI=1S/C11H14BrN3O4/c1-6(16)14-8(5-12)9(10(18)13(3)4)15(7(2)17)11(14)19/h5H2,1-4H3. The highest BCUT2D eigenvalue weighted by Gasteiger charge is 2.28. The lowest BCUT2D eigenvalue weighted by atomic mass is 10.3. The maximum absolute atomic E-state index is 12.1. The fourth-order valence-corrected chi connectivity index (χ4v) is 2.23. The first-order valence-corrected chi connectivity index (χ1v) is 6.52. The Morgan fingerprint density at radius 2 is 1.58 bits per heavy atom. The van der Waals surface area contributed by atoms with Crippen molar-refractivity contribution < 1.29 is 14.4 Å². The summed E-state index contributed by atoms with van der Waals surface area (Å²) in [6, 6.07) is 0. The maximum Gasteiger partial charge on any atom is 0.342 e. The van der Waals surface area contributed by atoms with Gasteiger partial charge in [0.15, 0.2) is 0 Å². The highest BCUT2D eigenvalue weighted by Crippen LogP contribution is 2.14. The predicted molar refractivity (Wildman–Crippen MR) is 71.9 cm³/mol. The Kier molecular flexibility index (Phi) is 4.46. The molecule has 104 valence electrons. The minimum absolute atomic E-state index is 0.0884. The molecule has 0 fully saturated rings. The first-order chi connectivity index (χ1) is 8.73. The third kappa shape index (κ3) is 2.53. The SMILES string of the molecule is CC(=O)n1c(CBr)c(C(=O)N(C)C)n(C(C)=O)c1=O. The monoisotopic (exact) mass is 331 g/mol. The number of hydrogen-bond donors (Lipinski definition) is 0. The zero-order chi connectivity index (χ0) is 14.9. The van der Waals surface area contributed by atoms with Crippen molar-refractivity contribution in [3.63, 3.8) is 0 Å². The second-order valence-corrected chi connectivity index (χ2v) is 4.68. The van der Waals surface area contributed by atoms with Crippen LogP contribution in [0.3, 0.4) is 0 Å². The van der Waals surface area contributed by atoms with E-state index in [0.29, 0.717) is 0 Å². The highest BCUT2D eigenvalue weighted by molar-refractivity contribution is 9.08. The van der Waals surface area contributed by atoms with E-state index in [-0.39, 0.29) is 16.7 Å². The molecule has 1 heterocycles. The van der Waals surface area contributed by atoms with E-state index >= 15 is 0 Å². The van der Waals surface area contributed by atoms with Gasteiger partial charge in [-0.1, -0.05) is 15.9 Å². The molecule has 0 N–H and O–H groups in total. The normalized spacial score (nSPS) is 10.4. The van der Waals surface area contributed by atoms with Crippen LogP contribution in [0.2, 0.25) is 0 Å². The van der Waals surface area contributed by atoms with Crippen molar-refractivity contribution in [2.75, 3.05) is 14.1 Å². The Labute approximate surface area is 117 Å². The van der Waals surface area contributed by atoms with E-state index in [0.717, 1.165) is 16.1 Å². The minimum Gasteiger partial charge on any atom is -0.343 e. The summed E-state index contributed by atoms with van der Waals surface area (Å²) < 4.78 is 1.55. The molecule has 0 unspecified atom stereocenters. The summed E-state index contributed by atoms with van der Waals surface area (Å²) in [5, 5.41) is 0.108. The maximum atomic E-state index is 12.1. The molecular weight excluding hydrogens is 318 g/mol. The third-order valence-corrected chi connectivity index (χ3v) is 3.05. The van der Waals surface area contributed by atoms with E-state index in [1.165, 1.54) is 25.9 Å². The van der Waals surface area contributed by atoms with Gasteiger partial charge in [0, 0.05) is 33.3 Å². The van der Waals surface area contributed by atoms with E-state index in [1.807, 2.05) is 0 Å². The number of nitrogens with zero attached hydrogens (tertiary/aromatic N) is 3. The average molecular weight is 332 g/mol. The molecule has 0 aliphatic heterocycles. The van der Waals surface area contributed by atoms with Crippen LogP contribution >= 0.6 is 15.9 Å². The second-order valence-electron chi connectivity index (χ2n) is 4.12. The molecule has 1 amide bonds. The van der Waals surface area contributed by atoms with Gasteiger partial charge < -0.3 is 4.90 Å². The van der Waals surface area contributed by atoms with E-state index in [9.17, 15) is 19.2 Å². The number of carbonyl (C=O) groups excluding carboxylic acids is 3. The van der Waals surface area contributed by atoms with Crippen LogP contribution in [-0.4, -0.2) is 45.9 Å². The molecule has 1 rings (SSSR count). The molecule has 0 radical (unpaired) electrons. The van der Waals surface area contributed by atoms with Crippen LogP contribution in [-0.2, 0) is 5.33 Å². The quantitative estimate of drug-likeness (QED) is 0.742. The summed E-state index contributed by atoms with van der Waals surface area (Å²) >= 11 is 3.13. The number of rotatable bonds is 2. The summed E-state index contributed by atoms with van der Waals surface area (Å²) in [4.78, 5) is 48.5. The molecule has 1 aromatic rings. The number of alkyl halides is 1. The number of imidazole rings is 1. The van der Waals surface area contributed by atoms with Crippen molar-refractivity contribution in [3.8, 4) is 0 Å². The molecule has 0 aliphatic carbocycles. The summed E-state index contributed by atoms with van der Waals surface area (Å²) in [7, 11) is 3.00. The van der Waals surface area contributed by atoms with Crippen molar-refractivity contribution in [2.24, 2.45) is 0 Å². The van der Waals surface area contributed by atoms with Crippen LogP contribution < -0.4 is 5.69 Å². The Morgan fingerprint density at radius 3 is 1.89 bits per heavy atom. The first-order valence-electron chi connectivity index (χ1n) is 5.40. The van der Waals surface area contributed by atoms with Gasteiger partial charge in [-0.25, -0.2) is 13.9 Å². The number of amides is 1. The minimum atomic E-state index is -0.820. The van der Waals surface area contributed by atoms with Crippen molar-refractivity contribution in [2.45, 2.75) is 19.2 Å². The van der Waals surface area contributed by atoms with Crippen LogP contribution in [0.4, 0.5) is 0 Å². The summed E-state index contributed by atoms with van der Waals surface area (Å²) in [5.74, 6) is -1.67. The van der Waals surface area contributed by atoms with E-state index in [2.05, 4.69) is 15.9 Å². The largest absolute Gasteiger partial charge is 0.343 e. The van der Waals surface area contributed by atoms with Crippen molar-refractivity contribution in [1.29, 1.82) is 0 Å². The molecule has 0 aromatic carbocycles. The number of aromatic nitrogens is 2. The Balaban J connectivity index is 3.82. The molecule has 8 heteroatoms. The number of carbonyl (C=O) groups is 3. The fourth-order valence-electron chi connectivity index (χ4n) is 1.72. The lowest BCUT2D eigenvalue weighted by Crippen LogP contribution is -2.33. The van der Waals surface area contributed by atoms with Gasteiger partial charge >= 0.3 is 5.69 Å². The molecule has 1 aromatic heterocycles. The molecule has 0 bridgehead atoms. The van der Waals surface area contributed by atoms with Crippen molar-refractivity contribution in [3.05, 3.63) is 21.9 Å². The zero-order valence-corrected chi connectivity index (χ0v) is 12.6. The molecular formula is C11H14BrN3O4. The predicted octanol–water partition coefficient (Wildman–Crippen LogP) is 0.567. The molecule has 19 heavy (non-hydrogen) atoms. The van der Waals surface area contributed by atoms with Gasteiger partial charge in [0.2, 0.25) is 11.8 Å². The molecule has 0 aliphatic rings. The van der Waals surface area contributed by atoms with Gasteiger partial charge in [-0.3, -0.25) is 14.4 Å². The van der Waals surface area contributed by atoms with Crippen molar-refractivity contribution in [1.82, 2.24) is 14.0 Å². The number of halogens is 1. The zero-order valence-electron chi connectivity index (χ0n) is 11.1. The van der Waals surface area contributed by atoms with Gasteiger partial charge in [0.25, 0.3) is 5.91 Å². The van der Waals surface area contributed by atoms with Crippen molar-refractivity contribution >= 4 is 33.7 Å². The lowest BCUT2D eigenvalue weighted by Gasteiger charge is -2.12. The van der Waals surface area contributed by atoms with E-state index < -0.39 is 23.4 Å². The van der Waals surface area contributed by atoms with Crippen LogP contribution in [0.1, 0.15) is 39.6 Å². The fraction of sp³-hybridized carbons (Fsp3) is 0.455. The van der Waals surface area contributed by atoms with Crippen LogP contribution in [0.5, 0.6) is 0 Å². The topological polar surface area (TPSA) is 81.4 Å². The van der Waals surface area contributed by atoms with Gasteiger partial charge in [-0.15, -0.1) is 0 Å². The smallest absolute Gasteiger partial charge is 0.342 e. The average Bonchev–Trinajstić information content (AvgIpc) is 2.60. The summed E-state index contributed by atoms with van der Waals surface area (Å²) in [5.41, 5.74) is -0.736. The number of hydrogen-bond acceptors (Lipinski definition) is 4. The van der Waals surface area contributed by atoms with Gasteiger partial charge in [-0.2, -0.15) is 0 Å². The Hall–Kier alpha value is -1.70. The van der Waals surface area contributed by atoms with Gasteiger partial charge in [0.1, 0.15) is 5.69 Å². The summed E-state index contributed by atoms with van der Waals surface area (Å²) in [6.45, 7) is 2.36. The first kappa shape index (κ1) is 15.4. The summed E-state index contributed by atoms with van der Waals surface area (Å²) in [6.07, 6.45) is 0. The van der Waals surface area contributed by atoms with E-state index in [1.54, 1.807) is 0 Å². The Morgan fingerprint density at radius 1 is 1.11 bits per heavy atom. The third-order valence-electron chi connectivity index (χ3n) is 2.51. The molecule has 0 spiro atoms. The lowest BCUT2D eigenvalue weighted by molar-refractivity contribution is 0.0795. The van der Waals surface area contributed by atoms with Gasteiger partial charge in [0.05, 0.1) is 5.69 Å². The van der Waals surface area contributed by atoms with E-state index in [4.69, 9.17) is 0 Å². The highest BCUT2D eigenvalue weighted by atomic mass is 79.9. The molecule has 0 saturated heterocycles. The molecule has 0 atom stereocenters. The second kappa shape index (κ2) is 5.52. The molecule has 7 nitrogen and oxygen atoms in total. The van der Waals surface area contributed by atoms with Crippen LogP contribution in [0.25, 0.3) is 0 Å². The Bertz CT molecular complexity index is 612.